The quantitative estimate of drug-likeness (QED) is 0.681. The Hall–Kier alpha value is -2.99. The number of para-hydroxylation sites is 1. The van der Waals surface area contributed by atoms with Gasteiger partial charge in [-0.25, -0.2) is 9.07 Å². The number of rotatable bonds is 7. The Kier molecular flexibility index (Phi) is 6.21. The van der Waals surface area contributed by atoms with E-state index in [4.69, 9.17) is 0 Å². The number of carbonyl (C=O) groups is 1. The fraction of sp³-hybridized carbons (Fsp3) is 0.273. The van der Waals surface area contributed by atoms with E-state index in [1.54, 1.807) is 30.5 Å². The highest BCUT2D eigenvalue weighted by atomic mass is 19.1. The van der Waals surface area contributed by atoms with Crippen LogP contribution in [-0.4, -0.2) is 41.2 Å². The molecule has 3 rings (SSSR count). The number of aryl methyl sites for hydroxylation is 1. The molecule has 1 atom stereocenters. The molecule has 0 radical (unpaired) electrons. The molecule has 0 fully saturated rings. The molecule has 0 saturated carbocycles. The van der Waals surface area contributed by atoms with Gasteiger partial charge in [-0.05, 0) is 49.8 Å². The zero-order valence-corrected chi connectivity index (χ0v) is 16.4. The van der Waals surface area contributed by atoms with E-state index in [0.29, 0.717) is 12.2 Å². The lowest BCUT2D eigenvalue weighted by molar-refractivity contribution is 0.0936. The van der Waals surface area contributed by atoms with E-state index in [9.17, 15) is 9.18 Å². The van der Waals surface area contributed by atoms with E-state index in [1.165, 1.54) is 16.3 Å². The molecule has 0 aliphatic heterocycles. The monoisotopic (exact) mass is 380 g/mol. The van der Waals surface area contributed by atoms with Crippen LogP contribution in [0.2, 0.25) is 0 Å². The normalized spacial score (nSPS) is 12.2. The van der Waals surface area contributed by atoms with E-state index >= 15 is 0 Å². The number of nitrogens with zero attached hydrogens (tertiary/aromatic N) is 3. The van der Waals surface area contributed by atoms with Crippen LogP contribution < -0.4 is 5.32 Å². The fourth-order valence-corrected chi connectivity index (χ4v) is 3.07. The van der Waals surface area contributed by atoms with Gasteiger partial charge < -0.3 is 10.2 Å². The third kappa shape index (κ3) is 4.46. The van der Waals surface area contributed by atoms with Gasteiger partial charge in [0.15, 0.2) is 5.69 Å². The van der Waals surface area contributed by atoms with Crippen LogP contribution in [0.4, 0.5) is 4.39 Å². The van der Waals surface area contributed by atoms with Crippen molar-refractivity contribution in [2.24, 2.45) is 0 Å². The molecule has 146 valence electrons. The molecular weight excluding hydrogens is 355 g/mol. The summed E-state index contributed by atoms with van der Waals surface area (Å²) in [5, 5.41) is 7.15. The molecule has 0 bridgehead atoms. The third-order valence-corrected chi connectivity index (χ3v) is 4.77. The van der Waals surface area contributed by atoms with Gasteiger partial charge in [-0.1, -0.05) is 43.3 Å². The number of carbonyl (C=O) groups excluding carboxylic acids is 1. The lowest BCUT2D eigenvalue weighted by Gasteiger charge is -2.25. The van der Waals surface area contributed by atoms with E-state index in [-0.39, 0.29) is 23.5 Å². The minimum absolute atomic E-state index is 0.0449. The van der Waals surface area contributed by atoms with Crippen molar-refractivity contribution < 1.29 is 9.18 Å². The smallest absolute Gasteiger partial charge is 0.271 e. The van der Waals surface area contributed by atoms with Crippen LogP contribution in [0.3, 0.4) is 0 Å². The topological polar surface area (TPSA) is 50.2 Å². The van der Waals surface area contributed by atoms with E-state index in [0.717, 1.165) is 12.0 Å². The Morgan fingerprint density at radius 1 is 1.14 bits per heavy atom. The van der Waals surface area contributed by atoms with Crippen molar-refractivity contribution >= 4 is 5.91 Å². The number of benzene rings is 2. The van der Waals surface area contributed by atoms with Crippen molar-refractivity contribution in [3.8, 4) is 5.69 Å². The second-order valence-electron chi connectivity index (χ2n) is 6.88. The van der Waals surface area contributed by atoms with Crippen LogP contribution in [-0.2, 0) is 6.42 Å². The van der Waals surface area contributed by atoms with Crippen LogP contribution in [0, 0.1) is 5.82 Å². The maximum atomic E-state index is 13.9. The standard InChI is InChI=1S/C22H25FN4O/c1-4-16-9-11-17(12-10-16)21(26(2)3)15-24-22(28)19-13-14-27(25-19)20-8-6-5-7-18(20)23/h5-14,21H,4,15H2,1-3H3,(H,24,28). The van der Waals surface area contributed by atoms with E-state index in [1.807, 2.05) is 14.1 Å². The van der Waals surface area contributed by atoms with Gasteiger partial charge in [0.1, 0.15) is 11.5 Å². The first-order chi connectivity index (χ1) is 13.5. The maximum absolute atomic E-state index is 13.9. The Morgan fingerprint density at radius 3 is 2.50 bits per heavy atom. The van der Waals surface area contributed by atoms with Gasteiger partial charge in [0.05, 0.1) is 6.04 Å². The van der Waals surface area contributed by atoms with Gasteiger partial charge in [0.25, 0.3) is 5.91 Å². The predicted molar refractivity (Wildman–Crippen MR) is 108 cm³/mol. The summed E-state index contributed by atoms with van der Waals surface area (Å²) in [6, 6.07) is 16.4. The molecule has 0 aliphatic rings. The first-order valence-electron chi connectivity index (χ1n) is 9.33. The molecule has 2 aromatic carbocycles. The summed E-state index contributed by atoms with van der Waals surface area (Å²) in [4.78, 5) is 14.6. The SMILES string of the molecule is CCc1ccc(C(CNC(=O)c2ccn(-c3ccccc3F)n2)N(C)C)cc1. The molecule has 1 heterocycles. The molecule has 6 heteroatoms. The molecule has 3 aromatic rings. The summed E-state index contributed by atoms with van der Waals surface area (Å²) in [5.41, 5.74) is 2.98. The van der Waals surface area contributed by atoms with Gasteiger partial charge in [-0.15, -0.1) is 0 Å². The first-order valence-corrected chi connectivity index (χ1v) is 9.33. The summed E-state index contributed by atoms with van der Waals surface area (Å²) in [6.45, 7) is 2.57. The number of hydrogen-bond acceptors (Lipinski definition) is 3. The molecule has 5 nitrogen and oxygen atoms in total. The number of hydrogen-bond donors (Lipinski definition) is 1. The van der Waals surface area contributed by atoms with Gasteiger partial charge in [-0.3, -0.25) is 4.79 Å². The lowest BCUT2D eigenvalue weighted by Crippen LogP contribution is -2.34. The van der Waals surface area contributed by atoms with Gasteiger partial charge in [-0.2, -0.15) is 5.10 Å². The fourth-order valence-electron chi connectivity index (χ4n) is 3.07. The van der Waals surface area contributed by atoms with Gasteiger partial charge >= 0.3 is 0 Å². The van der Waals surface area contributed by atoms with Gasteiger partial charge in [0.2, 0.25) is 0 Å². The van der Waals surface area contributed by atoms with Crippen molar-refractivity contribution in [2.75, 3.05) is 20.6 Å². The molecule has 1 amide bonds. The van der Waals surface area contributed by atoms with Crippen LogP contribution in [0.1, 0.15) is 34.6 Å². The van der Waals surface area contributed by atoms with Crippen molar-refractivity contribution in [3.63, 3.8) is 0 Å². The minimum atomic E-state index is -0.388. The molecular formula is C22H25FN4O. The van der Waals surface area contributed by atoms with Crippen LogP contribution in [0.15, 0.2) is 60.8 Å². The molecule has 28 heavy (non-hydrogen) atoms. The highest BCUT2D eigenvalue weighted by Crippen LogP contribution is 2.19. The van der Waals surface area contributed by atoms with E-state index in [2.05, 4.69) is 46.5 Å². The van der Waals surface area contributed by atoms with Crippen molar-refractivity contribution in [1.82, 2.24) is 20.0 Å². The number of amides is 1. The zero-order valence-electron chi connectivity index (χ0n) is 16.4. The number of likely N-dealkylation sites (N-methyl/N-ethyl adjacent to an activating group) is 1. The average molecular weight is 380 g/mol. The molecule has 0 spiro atoms. The van der Waals surface area contributed by atoms with Crippen molar-refractivity contribution in [3.05, 3.63) is 83.4 Å². The Labute approximate surface area is 164 Å². The summed E-state index contributed by atoms with van der Waals surface area (Å²) in [7, 11) is 3.97. The Morgan fingerprint density at radius 2 is 1.86 bits per heavy atom. The van der Waals surface area contributed by atoms with Crippen molar-refractivity contribution in [2.45, 2.75) is 19.4 Å². The second-order valence-corrected chi connectivity index (χ2v) is 6.88. The Bertz CT molecular complexity index is 934. The highest BCUT2D eigenvalue weighted by Gasteiger charge is 2.17. The van der Waals surface area contributed by atoms with Crippen LogP contribution in [0.25, 0.3) is 5.69 Å². The number of nitrogens with one attached hydrogen (secondary N) is 1. The lowest BCUT2D eigenvalue weighted by atomic mass is 10.0. The average Bonchev–Trinajstić information content (AvgIpc) is 3.18. The largest absolute Gasteiger partial charge is 0.349 e. The summed E-state index contributed by atoms with van der Waals surface area (Å²) >= 11 is 0. The minimum Gasteiger partial charge on any atom is -0.349 e. The van der Waals surface area contributed by atoms with Crippen LogP contribution in [0.5, 0.6) is 0 Å². The molecule has 0 aliphatic carbocycles. The first kappa shape index (κ1) is 19.8. The maximum Gasteiger partial charge on any atom is 0.271 e. The molecule has 1 unspecified atom stereocenters. The molecule has 1 aromatic heterocycles. The van der Waals surface area contributed by atoms with E-state index < -0.39 is 0 Å². The number of halogens is 1. The second kappa shape index (κ2) is 8.80. The summed E-state index contributed by atoms with van der Waals surface area (Å²) in [6.07, 6.45) is 2.58. The zero-order chi connectivity index (χ0) is 20.1. The van der Waals surface area contributed by atoms with Gasteiger partial charge in [0, 0.05) is 12.7 Å². The number of aromatic nitrogens is 2. The Balaban J connectivity index is 1.69. The summed E-state index contributed by atoms with van der Waals surface area (Å²) < 4.78 is 15.3. The van der Waals surface area contributed by atoms with Crippen molar-refractivity contribution in [1.29, 1.82) is 0 Å². The third-order valence-electron chi connectivity index (χ3n) is 4.77. The summed E-state index contributed by atoms with van der Waals surface area (Å²) in [5.74, 6) is -0.673. The molecule has 1 N–H and O–H groups in total. The highest BCUT2D eigenvalue weighted by molar-refractivity contribution is 5.92. The predicted octanol–water partition coefficient (Wildman–Crippen LogP) is 3.61. The molecule has 0 saturated heterocycles. The van der Waals surface area contributed by atoms with Crippen LogP contribution >= 0.6 is 0 Å².